The predicted molar refractivity (Wildman–Crippen MR) is 77.6 cm³/mol. The van der Waals surface area contributed by atoms with Gasteiger partial charge in [0.05, 0.1) is 9.40 Å². The number of aromatic nitrogens is 1. The van der Waals surface area contributed by atoms with Crippen molar-refractivity contribution in [1.82, 2.24) is 10.3 Å². The Labute approximate surface area is 124 Å². The van der Waals surface area contributed by atoms with Gasteiger partial charge in [-0.05, 0) is 28.3 Å². The second kappa shape index (κ2) is 6.17. The summed E-state index contributed by atoms with van der Waals surface area (Å²) in [5.74, 6) is 1.06. The average Bonchev–Trinajstić information content (AvgIpc) is 2.84. The first-order valence-electron chi connectivity index (χ1n) is 6.26. The van der Waals surface area contributed by atoms with Crippen LogP contribution in [0.15, 0.2) is 16.7 Å². The van der Waals surface area contributed by atoms with Crippen LogP contribution in [-0.4, -0.2) is 35.4 Å². The third kappa shape index (κ3) is 3.44. The van der Waals surface area contributed by atoms with Crippen LogP contribution in [0.25, 0.3) is 0 Å². The second-order valence-electron chi connectivity index (χ2n) is 4.79. The van der Waals surface area contributed by atoms with Crippen LogP contribution in [-0.2, 0) is 4.79 Å². The minimum Gasteiger partial charge on any atom is -0.356 e. The monoisotopic (exact) mass is 342 g/mol. The molecule has 0 aliphatic carbocycles. The highest BCUT2D eigenvalue weighted by molar-refractivity contribution is 9.10. The van der Waals surface area contributed by atoms with Crippen LogP contribution in [0.2, 0.25) is 0 Å². The third-order valence-electron chi connectivity index (χ3n) is 3.24. The molecule has 1 aliphatic rings. The zero-order chi connectivity index (χ0) is 14.7. The first-order chi connectivity index (χ1) is 9.47. The number of pyridine rings is 1. The Morgan fingerprint density at radius 3 is 3.05 bits per heavy atom. The summed E-state index contributed by atoms with van der Waals surface area (Å²) >= 11 is 3.33. The van der Waals surface area contributed by atoms with Crippen molar-refractivity contribution in [2.24, 2.45) is 5.92 Å². The average molecular weight is 343 g/mol. The molecule has 1 aliphatic heterocycles. The SMILES string of the molecule is CC(=O)NCC1CCN(c2ncc([N+](=O)[O-])cc2Br)C1. The van der Waals surface area contributed by atoms with Crippen molar-refractivity contribution in [3.63, 3.8) is 0 Å². The summed E-state index contributed by atoms with van der Waals surface area (Å²) in [6.45, 7) is 3.76. The van der Waals surface area contributed by atoms with Gasteiger partial charge in [0.1, 0.15) is 12.0 Å². The predicted octanol–water partition coefficient (Wildman–Crippen LogP) is 1.71. The van der Waals surface area contributed by atoms with Crippen molar-refractivity contribution in [3.8, 4) is 0 Å². The van der Waals surface area contributed by atoms with E-state index in [1.165, 1.54) is 19.2 Å². The van der Waals surface area contributed by atoms with Gasteiger partial charge >= 0.3 is 0 Å². The van der Waals surface area contributed by atoms with Gasteiger partial charge in [0.15, 0.2) is 0 Å². The topological polar surface area (TPSA) is 88.4 Å². The molecule has 2 rings (SSSR count). The number of carbonyl (C=O) groups is 1. The lowest BCUT2D eigenvalue weighted by Gasteiger charge is -2.18. The normalized spacial score (nSPS) is 18.1. The molecule has 1 aromatic rings. The maximum atomic E-state index is 10.9. The zero-order valence-corrected chi connectivity index (χ0v) is 12.6. The highest BCUT2D eigenvalue weighted by atomic mass is 79.9. The third-order valence-corrected chi connectivity index (χ3v) is 3.83. The van der Waals surface area contributed by atoms with E-state index >= 15 is 0 Å². The number of nitro groups is 1. The van der Waals surface area contributed by atoms with Gasteiger partial charge in [-0.15, -0.1) is 0 Å². The molecular formula is C12H15BrN4O3. The van der Waals surface area contributed by atoms with E-state index in [9.17, 15) is 14.9 Å². The van der Waals surface area contributed by atoms with E-state index in [0.29, 0.717) is 22.8 Å². The van der Waals surface area contributed by atoms with Crippen molar-refractivity contribution in [2.45, 2.75) is 13.3 Å². The molecule has 7 nitrogen and oxygen atoms in total. The first kappa shape index (κ1) is 14.7. The Morgan fingerprint density at radius 1 is 1.70 bits per heavy atom. The molecule has 0 radical (unpaired) electrons. The van der Waals surface area contributed by atoms with E-state index < -0.39 is 4.92 Å². The number of anilines is 1. The summed E-state index contributed by atoms with van der Waals surface area (Å²) in [5.41, 5.74) is -0.0328. The number of carbonyl (C=O) groups excluding carboxylic acids is 1. The van der Waals surface area contributed by atoms with Crippen molar-refractivity contribution >= 4 is 33.3 Å². The summed E-state index contributed by atoms with van der Waals surface area (Å²) in [7, 11) is 0. The largest absolute Gasteiger partial charge is 0.356 e. The van der Waals surface area contributed by atoms with Crippen LogP contribution >= 0.6 is 15.9 Å². The molecule has 1 unspecified atom stereocenters. The first-order valence-corrected chi connectivity index (χ1v) is 7.06. The highest BCUT2D eigenvalue weighted by Crippen LogP contribution is 2.30. The summed E-state index contributed by atoms with van der Waals surface area (Å²) in [4.78, 5) is 27.3. The van der Waals surface area contributed by atoms with Gasteiger partial charge in [-0.2, -0.15) is 0 Å². The van der Waals surface area contributed by atoms with Crippen molar-refractivity contribution in [1.29, 1.82) is 0 Å². The molecule has 0 bridgehead atoms. The van der Waals surface area contributed by atoms with Crippen LogP contribution in [0.3, 0.4) is 0 Å². The van der Waals surface area contributed by atoms with E-state index in [-0.39, 0.29) is 11.6 Å². The van der Waals surface area contributed by atoms with Crippen molar-refractivity contribution in [3.05, 3.63) is 26.9 Å². The zero-order valence-electron chi connectivity index (χ0n) is 11.0. The number of halogens is 1. The molecule has 20 heavy (non-hydrogen) atoms. The molecule has 0 saturated carbocycles. The van der Waals surface area contributed by atoms with Gasteiger partial charge in [0, 0.05) is 32.6 Å². The fourth-order valence-electron chi connectivity index (χ4n) is 2.23. The standard InChI is InChI=1S/C12H15BrN4O3/c1-8(18)14-5-9-2-3-16(7-9)12-11(13)4-10(6-15-12)17(19)20/h4,6,9H,2-3,5,7H2,1H3,(H,14,18). The molecule has 0 aromatic carbocycles. The molecule has 1 fully saturated rings. The molecule has 1 N–H and O–H groups in total. The maximum Gasteiger partial charge on any atom is 0.288 e. The van der Waals surface area contributed by atoms with E-state index in [2.05, 4.69) is 31.1 Å². The Hall–Kier alpha value is -1.70. The molecular weight excluding hydrogens is 328 g/mol. The van der Waals surface area contributed by atoms with Gasteiger partial charge in [-0.3, -0.25) is 14.9 Å². The Morgan fingerprint density at radius 2 is 2.45 bits per heavy atom. The van der Waals surface area contributed by atoms with Crippen LogP contribution in [0.5, 0.6) is 0 Å². The van der Waals surface area contributed by atoms with Crippen molar-refractivity contribution < 1.29 is 9.72 Å². The lowest BCUT2D eigenvalue weighted by molar-refractivity contribution is -0.385. The van der Waals surface area contributed by atoms with Gasteiger partial charge in [-0.25, -0.2) is 4.98 Å². The fraction of sp³-hybridized carbons (Fsp3) is 0.500. The molecule has 1 aromatic heterocycles. The number of nitrogens with zero attached hydrogens (tertiary/aromatic N) is 3. The van der Waals surface area contributed by atoms with Gasteiger partial charge in [0.2, 0.25) is 5.91 Å². The highest BCUT2D eigenvalue weighted by Gasteiger charge is 2.25. The Kier molecular flexibility index (Phi) is 4.53. The minimum absolute atomic E-state index is 0.0295. The fourth-order valence-corrected chi connectivity index (χ4v) is 2.82. The van der Waals surface area contributed by atoms with Gasteiger partial charge in [-0.1, -0.05) is 0 Å². The molecule has 108 valence electrons. The molecule has 1 atom stereocenters. The number of rotatable bonds is 4. The summed E-state index contributed by atoms with van der Waals surface area (Å²) < 4.78 is 0.617. The van der Waals surface area contributed by atoms with E-state index in [1.807, 2.05) is 0 Å². The number of nitrogens with one attached hydrogen (secondary N) is 1. The number of amides is 1. The lowest BCUT2D eigenvalue weighted by atomic mass is 10.1. The van der Waals surface area contributed by atoms with Crippen LogP contribution in [0, 0.1) is 16.0 Å². The Bertz CT molecular complexity index is 537. The summed E-state index contributed by atoms with van der Waals surface area (Å²) in [6.07, 6.45) is 2.23. The molecule has 0 spiro atoms. The van der Waals surface area contributed by atoms with Crippen LogP contribution in [0.4, 0.5) is 11.5 Å². The molecule has 8 heteroatoms. The second-order valence-corrected chi connectivity index (χ2v) is 5.65. The van der Waals surface area contributed by atoms with Crippen LogP contribution in [0.1, 0.15) is 13.3 Å². The van der Waals surface area contributed by atoms with E-state index in [0.717, 1.165) is 19.5 Å². The number of hydrogen-bond acceptors (Lipinski definition) is 5. The van der Waals surface area contributed by atoms with Crippen molar-refractivity contribution in [2.75, 3.05) is 24.5 Å². The summed E-state index contributed by atoms with van der Waals surface area (Å²) in [6, 6.07) is 1.46. The lowest BCUT2D eigenvalue weighted by Crippen LogP contribution is -2.29. The van der Waals surface area contributed by atoms with Gasteiger partial charge in [0.25, 0.3) is 5.69 Å². The summed E-state index contributed by atoms with van der Waals surface area (Å²) in [5, 5.41) is 13.5. The molecule has 2 heterocycles. The molecule has 1 amide bonds. The Balaban J connectivity index is 2.03. The minimum atomic E-state index is -0.467. The maximum absolute atomic E-state index is 10.9. The van der Waals surface area contributed by atoms with E-state index in [4.69, 9.17) is 0 Å². The number of hydrogen-bond donors (Lipinski definition) is 1. The van der Waals surface area contributed by atoms with Gasteiger partial charge < -0.3 is 10.2 Å². The van der Waals surface area contributed by atoms with Crippen LogP contribution < -0.4 is 10.2 Å². The quantitative estimate of drug-likeness (QED) is 0.664. The van der Waals surface area contributed by atoms with E-state index in [1.54, 1.807) is 0 Å². The molecule has 1 saturated heterocycles. The smallest absolute Gasteiger partial charge is 0.288 e.